The normalized spacial score (nSPS) is 15.5. The van der Waals surface area contributed by atoms with Crippen LogP contribution in [0.15, 0.2) is 30.3 Å². The van der Waals surface area contributed by atoms with E-state index in [2.05, 4.69) is 0 Å². The van der Waals surface area contributed by atoms with Gasteiger partial charge in [-0.2, -0.15) is 0 Å². The van der Waals surface area contributed by atoms with Gasteiger partial charge >= 0.3 is 0 Å². The van der Waals surface area contributed by atoms with Crippen LogP contribution < -0.4 is 9.47 Å². The molecule has 1 atom stereocenters. The summed E-state index contributed by atoms with van der Waals surface area (Å²) in [4.78, 5) is 24.3. The maximum Gasteiger partial charge on any atom is 0.167 e. The van der Waals surface area contributed by atoms with Crippen molar-refractivity contribution in [1.82, 2.24) is 0 Å². The molecule has 1 unspecified atom stereocenters. The highest BCUT2D eigenvalue weighted by Crippen LogP contribution is 2.51. The number of ether oxygens (including phenoxy) is 3. The molecule has 0 bridgehead atoms. The molecule has 0 fully saturated rings. The van der Waals surface area contributed by atoms with Gasteiger partial charge in [0, 0.05) is 17.4 Å². The van der Waals surface area contributed by atoms with Gasteiger partial charge in [-0.1, -0.05) is 12.1 Å². The summed E-state index contributed by atoms with van der Waals surface area (Å²) in [5, 5.41) is 22.1. The summed E-state index contributed by atoms with van der Waals surface area (Å²) in [6.45, 7) is 1.97. The number of methoxy groups -OCH3 is 2. The number of Topliss-reactive ketones (excluding diaryl/α,β-unsaturated/α-hetero) is 1. The summed E-state index contributed by atoms with van der Waals surface area (Å²) in [7, 11) is 3.06. The summed E-state index contributed by atoms with van der Waals surface area (Å²) in [5.74, 6) is 0.0816. The van der Waals surface area contributed by atoms with Gasteiger partial charge in [0.1, 0.15) is 23.0 Å². The van der Waals surface area contributed by atoms with Gasteiger partial charge in [0.05, 0.1) is 43.4 Å². The van der Waals surface area contributed by atoms with E-state index in [-0.39, 0.29) is 40.2 Å². The number of carbonyl (C=O) groups excluding carboxylic acids is 2. The number of aryl methyl sites for hydroxylation is 1. The predicted molar refractivity (Wildman–Crippen MR) is 118 cm³/mol. The second-order valence-corrected chi connectivity index (χ2v) is 7.78. The number of rotatable bonds is 6. The number of hydrogen-bond donors (Lipinski definition) is 2. The van der Waals surface area contributed by atoms with Gasteiger partial charge in [-0.3, -0.25) is 9.59 Å². The average molecular weight is 436 g/mol. The van der Waals surface area contributed by atoms with Gasteiger partial charge in [0.15, 0.2) is 12.1 Å². The first-order valence-electron chi connectivity index (χ1n) is 10.2. The molecule has 0 saturated heterocycles. The fourth-order valence-electron chi connectivity index (χ4n) is 4.32. The van der Waals surface area contributed by atoms with Crippen LogP contribution in [0, 0.1) is 6.92 Å². The second kappa shape index (κ2) is 8.51. The third-order valence-corrected chi connectivity index (χ3v) is 5.95. The van der Waals surface area contributed by atoms with E-state index in [0.29, 0.717) is 41.6 Å². The molecule has 2 N–H and O–H groups in total. The minimum Gasteiger partial charge on any atom is -0.506 e. The topological polar surface area (TPSA) is 102 Å². The maximum atomic E-state index is 12.8. The molecule has 0 spiro atoms. The predicted octanol–water partition coefficient (Wildman–Crippen LogP) is 4.62. The lowest BCUT2D eigenvalue weighted by atomic mass is 9.83. The van der Waals surface area contributed by atoms with Crippen LogP contribution in [0.25, 0.3) is 10.8 Å². The molecule has 32 heavy (non-hydrogen) atoms. The molecule has 0 saturated carbocycles. The molecule has 3 aromatic rings. The van der Waals surface area contributed by atoms with Crippen molar-refractivity contribution in [2.24, 2.45) is 0 Å². The molecule has 0 aromatic heterocycles. The van der Waals surface area contributed by atoms with Crippen LogP contribution in [-0.4, -0.2) is 36.5 Å². The molecule has 4 rings (SSSR count). The maximum absolute atomic E-state index is 12.8. The highest BCUT2D eigenvalue weighted by molar-refractivity contribution is 6.12. The first-order valence-corrected chi connectivity index (χ1v) is 10.2. The van der Waals surface area contributed by atoms with Crippen molar-refractivity contribution in [3.05, 3.63) is 58.1 Å². The Labute approximate surface area is 185 Å². The smallest absolute Gasteiger partial charge is 0.167 e. The van der Waals surface area contributed by atoms with E-state index < -0.39 is 6.10 Å². The highest BCUT2D eigenvalue weighted by Gasteiger charge is 2.35. The van der Waals surface area contributed by atoms with Crippen molar-refractivity contribution in [2.75, 3.05) is 14.2 Å². The minimum atomic E-state index is -0.497. The zero-order chi connectivity index (χ0) is 23.0. The molecule has 1 aliphatic rings. The number of phenolic OH excluding ortho intramolecular Hbond substituents is 2. The summed E-state index contributed by atoms with van der Waals surface area (Å²) in [6.07, 6.45) is 0.636. The SMILES string of the molecule is COc1ccc(COC2CCC(=O)c3c2c(OC)c2cc(C)c(C=O)c(O)c2c3O)cc1. The van der Waals surface area contributed by atoms with E-state index in [1.807, 2.05) is 24.3 Å². The molecule has 0 aliphatic heterocycles. The lowest BCUT2D eigenvalue weighted by molar-refractivity contribution is 0.0262. The van der Waals surface area contributed by atoms with Crippen LogP contribution in [0.3, 0.4) is 0 Å². The summed E-state index contributed by atoms with van der Waals surface area (Å²) >= 11 is 0. The molecule has 7 nitrogen and oxygen atoms in total. The van der Waals surface area contributed by atoms with Crippen LogP contribution in [0.2, 0.25) is 0 Å². The largest absolute Gasteiger partial charge is 0.506 e. The molecule has 0 amide bonds. The Hall–Kier alpha value is -3.58. The van der Waals surface area contributed by atoms with E-state index in [4.69, 9.17) is 14.2 Å². The van der Waals surface area contributed by atoms with Gasteiger partial charge in [0.2, 0.25) is 0 Å². The Morgan fingerprint density at radius 2 is 1.81 bits per heavy atom. The fraction of sp³-hybridized carbons (Fsp3) is 0.280. The van der Waals surface area contributed by atoms with Gasteiger partial charge in [0.25, 0.3) is 0 Å². The van der Waals surface area contributed by atoms with Crippen LogP contribution >= 0.6 is 0 Å². The van der Waals surface area contributed by atoms with Crippen molar-refractivity contribution in [1.29, 1.82) is 0 Å². The van der Waals surface area contributed by atoms with Gasteiger partial charge in [-0.15, -0.1) is 0 Å². The van der Waals surface area contributed by atoms with E-state index in [1.54, 1.807) is 20.1 Å². The monoisotopic (exact) mass is 436 g/mol. The van der Waals surface area contributed by atoms with E-state index in [0.717, 1.165) is 11.3 Å². The third kappa shape index (κ3) is 3.44. The van der Waals surface area contributed by atoms with Crippen LogP contribution in [0.1, 0.15) is 56.4 Å². The molecule has 7 heteroatoms. The Morgan fingerprint density at radius 3 is 2.44 bits per heavy atom. The summed E-state index contributed by atoms with van der Waals surface area (Å²) < 4.78 is 17.0. The Balaban J connectivity index is 1.85. The number of aromatic hydroxyl groups is 2. The standard InChI is InChI=1S/C25H24O7/c1-13-10-16-20(23(28)17(13)11-26)24(29)21-18(27)8-9-19(22(21)25(16)31-3)32-12-14-4-6-15(30-2)7-5-14/h4-7,10-11,19,28-29H,8-9,12H2,1-3H3. The van der Waals surface area contributed by atoms with Crippen molar-refractivity contribution in [3.8, 4) is 23.0 Å². The number of hydrogen-bond acceptors (Lipinski definition) is 7. The summed E-state index contributed by atoms with van der Waals surface area (Å²) in [5.41, 5.74) is 2.04. The van der Waals surface area contributed by atoms with Crippen molar-refractivity contribution in [2.45, 2.75) is 32.5 Å². The van der Waals surface area contributed by atoms with Gasteiger partial charge in [-0.25, -0.2) is 0 Å². The number of phenols is 2. The van der Waals surface area contributed by atoms with Crippen LogP contribution in [0.4, 0.5) is 0 Å². The number of benzene rings is 3. The number of aldehydes is 1. The van der Waals surface area contributed by atoms with E-state index in [9.17, 15) is 19.8 Å². The van der Waals surface area contributed by atoms with Gasteiger partial charge in [-0.05, 0) is 42.7 Å². The lowest BCUT2D eigenvalue weighted by Gasteiger charge is -2.29. The van der Waals surface area contributed by atoms with Gasteiger partial charge < -0.3 is 24.4 Å². The van der Waals surface area contributed by atoms with Crippen LogP contribution in [0.5, 0.6) is 23.0 Å². The van der Waals surface area contributed by atoms with Crippen LogP contribution in [-0.2, 0) is 11.3 Å². The minimum absolute atomic E-state index is 0.0254. The number of carbonyl (C=O) groups is 2. The zero-order valence-electron chi connectivity index (χ0n) is 18.1. The quantitative estimate of drug-likeness (QED) is 0.544. The second-order valence-electron chi connectivity index (χ2n) is 7.78. The molecular formula is C25H24O7. The van der Waals surface area contributed by atoms with Crippen molar-refractivity contribution >= 4 is 22.8 Å². The molecule has 0 radical (unpaired) electrons. The molecule has 1 aliphatic carbocycles. The first kappa shape index (κ1) is 21.6. The first-order chi connectivity index (χ1) is 15.4. The zero-order valence-corrected chi connectivity index (χ0v) is 18.1. The lowest BCUT2D eigenvalue weighted by Crippen LogP contribution is -2.19. The molecule has 3 aromatic carbocycles. The Morgan fingerprint density at radius 1 is 1.09 bits per heavy atom. The van der Waals surface area contributed by atoms with E-state index in [1.165, 1.54) is 7.11 Å². The Bertz CT molecular complexity index is 1210. The number of fused-ring (bicyclic) bond motifs is 2. The Kier molecular flexibility index (Phi) is 5.76. The molecule has 166 valence electrons. The highest BCUT2D eigenvalue weighted by atomic mass is 16.5. The van der Waals surface area contributed by atoms with E-state index >= 15 is 0 Å². The fourth-order valence-corrected chi connectivity index (χ4v) is 4.32. The summed E-state index contributed by atoms with van der Waals surface area (Å²) in [6, 6.07) is 9.13. The van der Waals surface area contributed by atoms with Crippen molar-refractivity contribution < 1.29 is 34.0 Å². The molecule has 0 heterocycles. The van der Waals surface area contributed by atoms with Crippen molar-refractivity contribution in [3.63, 3.8) is 0 Å². The molecular weight excluding hydrogens is 412 g/mol. The average Bonchev–Trinajstić information content (AvgIpc) is 2.79. The number of ketones is 1. The third-order valence-electron chi connectivity index (χ3n) is 5.95.